The van der Waals surface area contributed by atoms with E-state index in [0.29, 0.717) is 5.25 Å². The molecular formula is C15H20O2S. The lowest BCUT2D eigenvalue weighted by atomic mass is 9.89. The highest BCUT2D eigenvalue weighted by Crippen LogP contribution is 2.36. The standard InChI is InChI=1S/C15H20O2S/c1-2-11-3-7-13(8-4-11)18-14-9-5-12(6-10-14)15(16)17/h3-4,7-8,12,14H,2,5-6,9-10H2,1H3,(H,16,17). The number of hydrogen-bond donors (Lipinski definition) is 1. The van der Waals surface area contributed by atoms with E-state index < -0.39 is 5.97 Å². The zero-order valence-corrected chi connectivity index (χ0v) is 11.6. The van der Waals surface area contributed by atoms with Crippen molar-refractivity contribution in [3.05, 3.63) is 29.8 Å². The Morgan fingerprint density at radius 2 is 1.83 bits per heavy atom. The summed E-state index contributed by atoms with van der Waals surface area (Å²) in [7, 11) is 0. The maximum absolute atomic E-state index is 10.9. The van der Waals surface area contributed by atoms with Crippen LogP contribution in [0.1, 0.15) is 38.2 Å². The van der Waals surface area contributed by atoms with Gasteiger partial charge in [-0.2, -0.15) is 0 Å². The minimum Gasteiger partial charge on any atom is -0.481 e. The van der Waals surface area contributed by atoms with Gasteiger partial charge in [0, 0.05) is 10.1 Å². The predicted octanol–water partition coefficient (Wildman–Crippen LogP) is 3.98. The molecule has 0 radical (unpaired) electrons. The van der Waals surface area contributed by atoms with Crippen LogP contribution < -0.4 is 0 Å². The minimum atomic E-state index is -0.620. The normalized spacial score (nSPS) is 23.8. The number of carboxylic acids is 1. The monoisotopic (exact) mass is 264 g/mol. The van der Waals surface area contributed by atoms with Gasteiger partial charge >= 0.3 is 5.97 Å². The molecule has 0 aliphatic heterocycles. The quantitative estimate of drug-likeness (QED) is 0.893. The van der Waals surface area contributed by atoms with Crippen LogP contribution in [0.15, 0.2) is 29.2 Å². The zero-order valence-electron chi connectivity index (χ0n) is 10.8. The highest BCUT2D eigenvalue weighted by atomic mass is 32.2. The van der Waals surface area contributed by atoms with Crippen LogP contribution >= 0.6 is 11.8 Å². The summed E-state index contributed by atoms with van der Waals surface area (Å²) in [6, 6.07) is 8.75. The lowest BCUT2D eigenvalue weighted by molar-refractivity contribution is -0.142. The fraction of sp³-hybridized carbons (Fsp3) is 0.533. The Morgan fingerprint density at radius 1 is 1.22 bits per heavy atom. The first-order chi connectivity index (χ1) is 8.69. The summed E-state index contributed by atoms with van der Waals surface area (Å²) < 4.78 is 0. The predicted molar refractivity (Wildman–Crippen MR) is 75.1 cm³/mol. The molecule has 0 aromatic heterocycles. The largest absolute Gasteiger partial charge is 0.481 e. The molecule has 2 nitrogen and oxygen atoms in total. The molecule has 3 heteroatoms. The molecular weight excluding hydrogens is 244 g/mol. The van der Waals surface area contributed by atoms with Gasteiger partial charge in [-0.15, -0.1) is 11.8 Å². The van der Waals surface area contributed by atoms with Crippen LogP contribution in [0.4, 0.5) is 0 Å². The zero-order chi connectivity index (χ0) is 13.0. The van der Waals surface area contributed by atoms with E-state index in [1.54, 1.807) is 0 Å². The summed E-state index contributed by atoms with van der Waals surface area (Å²) in [5, 5.41) is 9.56. The molecule has 0 heterocycles. The van der Waals surface area contributed by atoms with Crippen molar-refractivity contribution in [3.8, 4) is 0 Å². The van der Waals surface area contributed by atoms with Crippen molar-refractivity contribution in [3.63, 3.8) is 0 Å². The summed E-state index contributed by atoms with van der Waals surface area (Å²) >= 11 is 1.90. The molecule has 1 aliphatic carbocycles. The van der Waals surface area contributed by atoms with Gasteiger partial charge in [0.1, 0.15) is 0 Å². The molecule has 1 aromatic rings. The van der Waals surface area contributed by atoms with Gasteiger partial charge in [0.15, 0.2) is 0 Å². The van der Waals surface area contributed by atoms with Gasteiger partial charge in [0.25, 0.3) is 0 Å². The molecule has 1 aromatic carbocycles. The number of carbonyl (C=O) groups is 1. The van der Waals surface area contributed by atoms with Crippen LogP contribution in [0.25, 0.3) is 0 Å². The van der Waals surface area contributed by atoms with Gasteiger partial charge in [-0.05, 0) is 49.8 Å². The number of benzene rings is 1. The summed E-state index contributed by atoms with van der Waals surface area (Å²) in [4.78, 5) is 12.2. The van der Waals surface area contributed by atoms with Crippen LogP contribution in [0.3, 0.4) is 0 Å². The van der Waals surface area contributed by atoms with Gasteiger partial charge in [-0.25, -0.2) is 0 Å². The van der Waals surface area contributed by atoms with Crippen molar-refractivity contribution in [1.82, 2.24) is 0 Å². The third-order valence-electron chi connectivity index (χ3n) is 3.66. The van der Waals surface area contributed by atoms with Crippen LogP contribution in [-0.2, 0) is 11.2 Å². The second kappa shape index (κ2) is 6.28. The van der Waals surface area contributed by atoms with E-state index in [4.69, 9.17) is 5.11 Å². The van der Waals surface area contributed by atoms with Crippen LogP contribution in [0, 0.1) is 5.92 Å². The molecule has 1 fully saturated rings. The van der Waals surface area contributed by atoms with E-state index in [1.165, 1.54) is 10.5 Å². The number of thioether (sulfide) groups is 1. The first kappa shape index (κ1) is 13.5. The van der Waals surface area contributed by atoms with Gasteiger partial charge in [-0.3, -0.25) is 4.79 Å². The molecule has 0 atom stereocenters. The van der Waals surface area contributed by atoms with E-state index in [-0.39, 0.29) is 5.92 Å². The van der Waals surface area contributed by atoms with Gasteiger partial charge in [0.05, 0.1) is 5.92 Å². The Balaban J connectivity index is 1.85. The smallest absolute Gasteiger partial charge is 0.306 e. The van der Waals surface area contributed by atoms with Gasteiger partial charge < -0.3 is 5.11 Å². The molecule has 0 saturated heterocycles. The first-order valence-corrected chi connectivity index (χ1v) is 7.55. The third-order valence-corrected chi connectivity index (χ3v) is 5.01. The van der Waals surface area contributed by atoms with E-state index in [0.717, 1.165) is 32.1 Å². The first-order valence-electron chi connectivity index (χ1n) is 6.67. The van der Waals surface area contributed by atoms with Crippen LogP contribution in [-0.4, -0.2) is 16.3 Å². The molecule has 1 aliphatic rings. The second-order valence-electron chi connectivity index (χ2n) is 4.93. The van der Waals surface area contributed by atoms with E-state index in [2.05, 4.69) is 31.2 Å². The van der Waals surface area contributed by atoms with E-state index in [1.807, 2.05) is 11.8 Å². The van der Waals surface area contributed by atoms with Crippen molar-refractivity contribution >= 4 is 17.7 Å². The Morgan fingerprint density at radius 3 is 2.33 bits per heavy atom. The number of carboxylic acid groups (broad SMARTS) is 1. The van der Waals surface area contributed by atoms with Gasteiger partial charge in [-0.1, -0.05) is 19.1 Å². The summed E-state index contributed by atoms with van der Waals surface area (Å²) in [6.45, 7) is 2.16. The summed E-state index contributed by atoms with van der Waals surface area (Å²) in [5.41, 5.74) is 1.37. The van der Waals surface area contributed by atoms with Crippen molar-refractivity contribution < 1.29 is 9.90 Å². The van der Waals surface area contributed by atoms with Crippen LogP contribution in [0.2, 0.25) is 0 Å². The Hall–Kier alpha value is -0.960. The molecule has 0 bridgehead atoms. The van der Waals surface area contributed by atoms with E-state index in [9.17, 15) is 4.79 Å². The summed E-state index contributed by atoms with van der Waals surface area (Å²) in [5.74, 6) is -0.727. The molecule has 1 saturated carbocycles. The van der Waals surface area contributed by atoms with E-state index >= 15 is 0 Å². The molecule has 98 valence electrons. The highest BCUT2D eigenvalue weighted by Gasteiger charge is 2.26. The van der Waals surface area contributed by atoms with Crippen molar-refractivity contribution in [2.45, 2.75) is 49.2 Å². The Kier molecular flexibility index (Phi) is 4.70. The maximum Gasteiger partial charge on any atom is 0.306 e. The topological polar surface area (TPSA) is 37.3 Å². The second-order valence-corrected chi connectivity index (χ2v) is 6.30. The summed E-state index contributed by atoms with van der Waals surface area (Å²) in [6.07, 6.45) is 4.79. The molecule has 0 amide bonds. The Labute approximate surface area is 113 Å². The number of aryl methyl sites for hydroxylation is 1. The minimum absolute atomic E-state index is 0.107. The average Bonchev–Trinajstić information content (AvgIpc) is 2.40. The molecule has 2 rings (SSSR count). The maximum atomic E-state index is 10.9. The molecule has 18 heavy (non-hydrogen) atoms. The fourth-order valence-electron chi connectivity index (χ4n) is 2.42. The highest BCUT2D eigenvalue weighted by molar-refractivity contribution is 8.00. The Bertz CT molecular complexity index is 391. The SMILES string of the molecule is CCc1ccc(SC2CCC(C(=O)O)CC2)cc1. The number of hydrogen-bond acceptors (Lipinski definition) is 2. The molecule has 1 N–H and O–H groups in total. The lowest BCUT2D eigenvalue weighted by Crippen LogP contribution is -2.22. The molecule has 0 unspecified atom stereocenters. The third kappa shape index (κ3) is 3.52. The van der Waals surface area contributed by atoms with Crippen LogP contribution in [0.5, 0.6) is 0 Å². The van der Waals surface area contributed by atoms with Crippen molar-refractivity contribution in [2.75, 3.05) is 0 Å². The number of aliphatic carboxylic acids is 1. The molecule has 0 spiro atoms. The fourth-order valence-corrected chi connectivity index (χ4v) is 3.61. The van der Waals surface area contributed by atoms with Crippen molar-refractivity contribution in [2.24, 2.45) is 5.92 Å². The lowest BCUT2D eigenvalue weighted by Gasteiger charge is -2.25. The average molecular weight is 264 g/mol. The van der Waals surface area contributed by atoms with Crippen molar-refractivity contribution in [1.29, 1.82) is 0 Å². The van der Waals surface area contributed by atoms with Gasteiger partial charge in [0.2, 0.25) is 0 Å². The number of rotatable bonds is 4.